The molecule has 0 atom stereocenters. The van der Waals surface area contributed by atoms with Crippen LogP contribution in [0, 0.1) is 0 Å². The molecular formula is C11H14N4O3S. The van der Waals surface area contributed by atoms with E-state index in [4.69, 9.17) is 0 Å². The van der Waals surface area contributed by atoms with Crippen LogP contribution in [0.1, 0.15) is 5.82 Å². The van der Waals surface area contributed by atoms with Crippen LogP contribution in [0.2, 0.25) is 0 Å². The molecule has 0 saturated carbocycles. The standard InChI is InChI=1S/C11H14N4O3S/c1-15-7-6-12-10(15)4-5-14-19(17,18)9-2-3-11(16)13-8-9/h2-3,6-8,14H,4-5H2,1H3,(H,13,16). The van der Waals surface area contributed by atoms with E-state index in [-0.39, 0.29) is 17.0 Å². The lowest BCUT2D eigenvalue weighted by atomic mass is 10.4. The summed E-state index contributed by atoms with van der Waals surface area (Å²) < 4.78 is 28.1. The first-order valence-electron chi connectivity index (χ1n) is 5.64. The second-order valence-corrected chi connectivity index (χ2v) is 5.76. The van der Waals surface area contributed by atoms with E-state index >= 15 is 0 Å². The van der Waals surface area contributed by atoms with Crippen molar-refractivity contribution in [3.05, 3.63) is 46.9 Å². The summed E-state index contributed by atoms with van der Waals surface area (Å²) in [5, 5.41) is 0. The number of aromatic nitrogens is 3. The molecule has 0 aromatic carbocycles. The van der Waals surface area contributed by atoms with Gasteiger partial charge in [0.15, 0.2) is 0 Å². The van der Waals surface area contributed by atoms with E-state index in [1.54, 1.807) is 12.4 Å². The summed E-state index contributed by atoms with van der Waals surface area (Å²) in [7, 11) is -1.75. The van der Waals surface area contributed by atoms with Crippen LogP contribution in [0.25, 0.3) is 0 Å². The summed E-state index contributed by atoms with van der Waals surface area (Å²) in [6, 6.07) is 2.44. The van der Waals surface area contributed by atoms with Gasteiger partial charge in [0.2, 0.25) is 15.6 Å². The zero-order valence-electron chi connectivity index (χ0n) is 10.3. The van der Waals surface area contributed by atoms with Gasteiger partial charge in [-0.05, 0) is 6.07 Å². The fraction of sp³-hybridized carbons (Fsp3) is 0.273. The van der Waals surface area contributed by atoms with Crippen molar-refractivity contribution >= 4 is 10.0 Å². The third kappa shape index (κ3) is 3.30. The lowest BCUT2D eigenvalue weighted by Crippen LogP contribution is -2.27. The molecule has 19 heavy (non-hydrogen) atoms. The van der Waals surface area contributed by atoms with Crippen molar-refractivity contribution in [2.24, 2.45) is 7.05 Å². The van der Waals surface area contributed by atoms with Gasteiger partial charge in [0.05, 0.1) is 4.90 Å². The fourth-order valence-electron chi connectivity index (χ4n) is 1.58. The normalized spacial score (nSPS) is 11.6. The Bertz CT molecular complexity index is 697. The first kappa shape index (κ1) is 13.5. The van der Waals surface area contributed by atoms with Crippen molar-refractivity contribution in [1.29, 1.82) is 0 Å². The van der Waals surface area contributed by atoms with Crippen LogP contribution in [0.5, 0.6) is 0 Å². The first-order chi connectivity index (χ1) is 8.99. The van der Waals surface area contributed by atoms with Gasteiger partial charge in [0.1, 0.15) is 5.82 Å². The fourth-order valence-corrected chi connectivity index (χ4v) is 2.58. The predicted octanol–water partition coefficient (Wildman–Crippen LogP) is -0.371. The number of H-pyrrole nitrogens is 1. The molecule has 2 aromatic rings. The Kier molecular flexibility index (Phi) is 3.82. The molecule has 0 aliphatic carbocycles. The van der Waals surface area contributed by atoms with E-state index in [0.29, 0.717) is 6.42 Å². The average Bonchev–Trinajstić information content (AvgIpc) is 2.75. The molecule has 0 aliphatic heterocycles. The maximum absolute atomic E-state index is 11.9. The van der Waals surface area contributed by atoms with Crippen molar-refractivity contribution in [2.75, 3.05) is 6.54 Å². The number of nitrogens with zero attached hydrogens (tertiary/aromatic N) is 2. The smallest absolute Gasteiger partial charge is 0.247 e. The molecule has 7 nitrogen and oxygen atoms in total. The van der Waals surface area contributed by atoms with Gasteiger partial charge in [0, 0.05) is 44.7 Å². The van der Waals surface area contributed by atoms with Crippen molar-refractivity contribution in [3.63, 3.8) is 0 Å². The highest BCUT2D eigenvalue weighted by molar-refractivity contribution is 7.89. The van der Waals surface area contributed by atoms with Crippen LogP contribution in [0.4, 0.5) is 0 Å². The van der Waals surface area contributed by atoms with E-state index in [2.05, 4.69) is 14.7 Å². The minimum atomic E-state index is -3.60. The van der Waals surface area contributed by atoms with Crippen LogP contribution in [-0.2, 0) is 23.5 Å². The zero-order valence-corrected chi connectivity index (χ0v) is 11.1. The zero-order chi connectivity index (χ0) is 13.9. The van der Waals surface area contributed by atoms with Crippen LogP contribution < -0.4 is 10.3 Å². The summed E-state index contributed by atoms with van der Waals surface area (Å²) in [6.45, 7) is 0.242. The molecule has 0 unspecified atom stereocenters. The molecule has 102 valence electrons. The van der Waals surface area contributed by atoms with E-state index in [1.807, 2.05) is 11.6 Å². The molecule has 8 heteroatoms. The number of sulfonamides is 1. The number of aryl methyl sites for hydroxylation is 1. The minimum absolute atomic E-state index is 0.0342. The third-order valence-corrected chi connectivity index (χ3v) is 4.09. The number of pyridine rings is 1. The topological polar surface area (TPSA) is 96.8 Å². The first-order valence-corrected chi connectivity index (χ1v) is 7.12. The summed E-state index contributed by atoms with van der Waals surface area (Å²) in [4.78, 5) is 17.3. The third-order valence-electron chi connectivity index (χ3n) is 2.63. The summed E-state index contributed by atoms with van der Waals surface area (Å²) in [5.74, 6) is 0.796. The quantitative estimate of drug-likeness (QED) is 0.782. The summed E-state index contributed by atoms with van der Waals surface area (Å²) >= 11 is 0. The Morgan fingerprint density at radius 3 is 2.79 bits per heavy atom. The molecule has 0 fully saturated rings. The molecular weight excluding hydrogens is 268 g/mol. The van der Waals surface area contributed by atoms with Gasteiger partial charge in [-0.15, -0.1) is 0 Å². The highest BCUT2D eigenvalue weighted by Gasteiger charge is 2.13. The Morgan fingerprint density at radius 1 is 1.42 bits per heavy atom. The number of imidazole rings is 1. The largest absolute Gasteiger partial charge is 0.338 e. The van der Waals surface area contributed by atoms with Crippen molar-refractivity contribution in [1.82, 2.24) is 19.3 Å². The molecule has 0 spiro atoms. The van der Waals surface area contributed by atoms with E-state index in [0.717, 1.165) is 5.82 Å². The Labute approximate surface area is 110 Å². The molecule has 0 amide bonds. The van der Waals surface area contributed by atoms with Gasteiger partial charge in [-0.1, -0.05) is 0 Å². The van der Waals surface area contributed by atoms with Crippen LogP contribution in [0.15, 0.2) is 40.4 Å². The SMILES string of the molecule is Cn1ccnc1CCNS(=O)(=O)c1ccc(=O)[nH]c1. The predicted molar refractivity (Wildman–Crippen MR) is 69.2 cm³/mol. The average molecular weight is 282 g/mol. The van der Waals surface area contributed by atoms with Gasteiger partial charge in [-0.3, -0.25) is 4.79 Å². The van der Waals surface area contributed by atoms with E-state index in [9.17, 15) is 13.2 Å². The molecule has 0 bridgehead atoms. The van der Waals surface area contributed by atoms with Gasteiger partial charge >= 0.3 is 0 Å². The van der Waals surface area contributed by atoms with Crippen molar-refractivity contribution in [3.8, 4) is 0 Å². The number of nitrogens with one attached hydrogen (secondary N) is 2. The molecule has 0 aliphatic rings. The Hall–Kier alpha value is -1.93. The highest BCUT2D eigenvalue weighted by Crippen LogP contribution is 2.04. The van der Waals surface area contributed by atoms with E-state index < -0.39 is 10.0 Å². The van der Waals surface area contributed by atoms with Crippen LogP contribution in [-0.4, -0.2) is 29.5 Å². The molecule has 2 heterocycles. The molecule has 0 radical (unpaired) electrons. The van der Waals surface area contributed by atoms with Gasteiger partial charge < -0.3 is 9.55 Å². The second-order valence-electron chi connectivity index (χ2n) is 3.99. The maximum Gasteiger partial charge on any atom is 0.247 e. The highest BCUT2D eigenvalue weighted by atomic mass is 32.2. The van der Waals surface area contributed by atoms with Gasteiger partial charge in [-0.2, -0.15) is 0 Å². The summed E-state index contributed by atoms with van der Waals surface area (Å²) in [6.07, 6.45) is 5.12. The van der Waals surface area contributed by atoms with Gasteiger partial charge in [0.25, 0.3) is 0 Å². The van der Waals surface area contributed by atoms with Crippen molar-refractivity contribution < 1.29 is 8.42 Å². The number of rotatable bonds is 5. The van der Waals surface area contributed by atoms with Gasteiger partial charge in [-0.25, -0.2) is 18.1 Å². The lowest BCUT2D eigenvalue weighted by Gasteiger charge is -2.06. The maximum atomic E-state index is 11.9. The molecule has 2 rings (SSSR count). The minimum Gasteiger partial charge on any atom is -0.338 e. The molecule has 2 aromatic heterocycles. The number of hydrogen-bond acceptors (Lipinski definition) is 4. The van der Waals surface area contributed by atoms with Crippen molar-refractivity contribution in [2.45, 2.75) is 11.3 Å². The Balaban J connectivity index is 2.00. The number of hydrogen-bond donors (Lipinski definition) is 2. The summed E-state index contributed by atoms with van der Waals surface area (Å²) in [5.41, 5.74) is -0.341. The second kappa shape index (κ2) is 5.37. The van der Waals surface area contributed by atoms with Crippen LogP contribution >= 0.6 is 0 Å². The molecule has 2 N–H and O–H groups in total. The van der Waals surface area contributed by atoms with E-state index in [1.165, 1.54) is 18.3 Å². The number of aromatic amines is 1. The van der Waals surface area contributed by atoms with Crippen LogP contribution in [0.3, 0.4) is 0 Å². The Morgan fingerprint density at radius 2 is 2.21 bits per heavy atom. The lowest BCUT2D eigenvalue weighted by molar-refractivity contribution is 0.579. The molecule has 0 saturated heterocycles. The monoisotopic (exact) mass is 282 g/mol.